The van der Waals surface area contributed by atoms with E-state index in [1.807, 2.05) is 18.7 Å². The van der Waals surface area contributed by atoms with Gasteiger partial charge in [-0.2, -0.15) is 0 Å². The highest BCUT2D eigenvalue weighted by Crippen LogP contribution is 2.32. The number of carbonyl (C=O) groups is 1. The highest BCUT2D eigenvalue weighted by Gasteiger charge is 2.29. The lowest BCUT2D eigenvalue weighted by Gasteiger charge is -2.27. The molecule has 0 heterocycles. The van der Waals surface area contributed by atoms with Gasteiger partial charge in [0.25, 0.3) is 5.91 Å². The van der Waals surface area contributed by atoms with E-state index in [0.29, 0.717) is 16.0 Å². The van der Waals surface area contributed by atoms with E-state index in [9.17, 15) is 9.18 Å². The summed E-state index contributed by atoms with van der Waals surface area (Å²) in [7, 11) is 0. The van der Waals surface area contributed by atoms with Crippen LogP contribution in [0.5, 0.6) is 0 Å². The molecule has 0 unspecified atom stereocenters. The molecule has 0 atom stereocenters. The summed E-state index contributed by atoms with van der Waals surface area (Å²) < 4.78 is 13.8. The second kappa shape index (κ2) is 5.49. The molecule has 1 aromatic rings. The SMILES string of the molecule is CC(C)N(CC1CC1)C(=O)c1cc(N)c(F)cc1Br. The van der Waals surface area contributed by atoms with Gasteiger partial charge in [-0.25, -0.2) is 4.39 Å². The Morgan fingerprint density at radius 1 is 1.53 bits per heavy atom. The molecule has 0 spiro atoms. The zero-order valence-corrected chi connectivity index (χ0v) is 12.7. The number of nitrogens with zero attached hydrogens (tertiary/aromatic N) is 1. The highest BCUT2D eigenvalue weighted by atomic mass is 79.9. The number of halogens is 2. The van der Waals surface area contributed by atoms with Crippen LogP contribution >= 0.6 is 15.9 Å². The van der Waals surface area contributed by atoms with Crippen LogP contribution in [-0.2, 0) is 0 Å². The summed E-state index contributed by atoms with van der Waals surface area (Å²) in [4.78, 5) is 14.4. The smallest absolute Gasteiger partial charge is 0.255 e. The van der Waals surface area contributed by atoms with Gasteiger partial charge < -0.3 is 10.6 Å². The molecule has 19 heavy (non-hydrogen) atoms. The fourth-order valence-corrected chi connectivity index (χ4v) is 2.48. The van der Waals surface area contributed by atoms with Crippen molar-refractivity contribution in [1.82, 2.24) is 4.90 Å². The van der Waals surface area contributed by atoms with Gasteiger partial charge in [-0.3, -0.25) is 4.79 Å². The van der Waals surface area contributed by atoms with Crippen LogP contribution in [0.4, 0.5) is 10.1 Å². The topological polar surface area (TPSA) is 46.3 Å². The molecule has 3 nitrogen and oxygen atoms in total. The summed E-state index contributed by atoms with van der Waals surface area (Å²) in [6.45, 7) is 4.74. The molecule has 1 aromatic carbocycles. The van der Waals surface area contributed by atoms with Crippen molar-refractivity contribution >= 4 is 27.5 Å². The van der Waals surface area contributed by atoms with E-state index in [1.54, 1.807) is 0 Å². The normalized spacial score (nSPS) is 14.8. The maximum absolute atomic E-state index is 13.3. The van der Waals surface area contributed by atoms with Crippen LogP contribution in [0.2, 0.25) is 0 Å². The van der Waals surface area contributed by atoms with E-state index in [1.165, 1.54) is 25.0 Å². The zero-order valence-electron chi connectivity index (χ0n) is 11.1. The molecule has 0 aromatic heterocycles. The minimum atomic E-state index is -0.512. The molecule has 1 aliphatic rings. The Bertz CT molecular complexity index is 500. The molecule has 1 amide bonds. The van der Waals surface area contributed by atoms with E-state index >= 15 is 0 Å². The number of amides is 1. The number of nitrogens with two attached hydrogens (primary N) is 1. The Balaban J connectivity index is 2.27. The van der Waals surface area contributed by atoms with Gasteiger partial charge in [0.2, 0.25) is 0 Å². The van der Waals surface area contributed by atoms with Crippen molar-refractivity contribution in [2.24, 2.45) is 5.92 Å². The third kappa shape index (κ3) is 3.26. The molecular weight excluding hydrogens is 311 g/mol. The number of hydrogen-bond donors (Lipinski definition) is 1. The van der Waals surface area contributed by atoms with Gasteiger partial charge in [-0.15, -0.1) is 0 Å². The van der Waals surface area contributed by atoms with E-state index in [0.717, 1.165) is 6.54 Å². The summed E-state index contributed by atoms with van der Waals surface area (Å²) in [6.07, 6.45) is 2.37. The minimum Gasteiger partial charge on any atom is -0.396 e. The quantitative estimate of drug-likeness (QED) is 0.860. The maximum atomic E-state index is 13.3. The summed E-state index contributed by atoms with van der Waals surface area (Å²) in [6, 6.07) is 2.77. The molecule has 1 saturated carbocycles. The lowest BCUT2D eigenvalue weighted by atomic mass is 10.1. The van der Waals surface area contributed by atoms with Crippen LogP contribution in [0.15, 0.2) is 16.6 Å². The van der Waals surface area contributed by atoms with Crippen LogP contribution in [0, 0.1) is 11.7 Å². The average molecular weight is 329 g/mol. The van der Waals surface area contributed by atoms with Crippen LogP contribution in [0.3, 0.4) is 0 Å². The maximum Gasteiger partial charge on any atom is 0.255 e. The number of rotatable bonds is 4. The van der Waals surface area contributed by atoms with Gasteiger partial charge in [0, 0.05) is 17.1 Å². The van der Waals surface area contributed by atoms with Crippen molar-refractivity contribution in [3.8, 4) is 0 Å². The van der Waals surface area contributed by atoms with Crippen molar-refractivity contribution in [3.63, 3.8) is 0 Å². The molecule has 2 N–H and O–H groups in total. The first kappa shape index (κ1) is 14.3. The Kier molecular flexibility index (Phi) is 4.13. The van der Waals surface area contributed by atoms with E-state index in [4.69, 9.17) is 5.73 Å². The van der Waals surface area contributed by atoms with Crippen molar-refractivity contribution in [3.05, 3.63) is 28.0 Å². The second-order valence-electron chi connectivity index (χ2n) is 5.35. The van der Waals surface area contributed by atoms with Gasteiger partial charge in [-0.05, 0) is 60.7 Å². The van der Waals surface area contributed by atoms with Crippen molar-refractivity contribution in [2.75, 3.05) is 12.3 Å². The van der Waals surface area contributed by atoms with Crippen molar-refractivity contribution < 1.29 is 9.18 Å². The molecular formula is C14H18BrFN2O. The summed E-state index contributed by atoms with van der Waals surface area (Å²) in [5, 5.41) is 0. The average Bonchev–Trinajstić information content (AvgIpc) is 3.13. The molecule has 1 fully saturated rings. The predicted molar refractivity (Wildman–Crippen MR) is 77.4 cm³/mol. The molecule has 2 rings (SSSR count). The summed E-state index contributed by atoms with van der Waals surface area (Å²) >= 11 is 3.24. The zero-order chi connectivity index (χ0) is 14.2. The first-order valence-electron chi connectivity index (χ1n) is 6.45. The van der Waals surface area contributed by atoms with Crippen molar-refractivity contribution in [1.29, 1.82) is 0 Å². The molecule has 0 aliphatic heterocycles. The van der Waals surface area contributed by atoms with Gasteiger partial charge in [0.1, 0.15) is 5.82 Å². The second-order valence-corrected chi connectivity index (χ2v) is 6.20. The van der Waals surface area contributed by atoms with Crippen LogP contribution in [-0.4, -0.2) is 23.4 Å². The molecule has 0 bridgehead atoms. The van der Waals surface area contributed by atoms with Gasteiger partial charge in [-0.1, -0.05) is 0 Å². The van der Waals surface area contributed by atoms with Gasteiger partial charge in [0.15, 0.2) is 0 Å². The third-order valence-corrected chi connectivity index (χ3v) is 4.01. The fourth-order valence-electron chi connectivity index (χ4n) is 1.99. The number of anilines is 1. The molecule has 1 aliphatic carbocycles. The molecule has 5 heteroatoms. The number of hydrogen-bond acceptors (Lipinski definition) is 2. The number of benzene rings is 1. The summed E-state index contributed by atoms with van der Waals surface area (Å²) in [5.74, 6) is 0.00473. The van der Waals surface area contributed by atoms with E-state index in [-0.39, 0.29) is 17.6 Å². The summed E-state index contributed by atoms with van der Waals surface area (Å²) in [5.41, 5.74) is 5.98. The van der Waals surface area contributed by atoms with Crippen molar-refractivity contribution in [2.45, 2.75) is 32.7 Å². The highest BCUT2D eigenvalue weighted by molar-refractivity contribution is 9.10. The number of carbonyl (C=O) groups excluding carboxylic acids is 1. The Morgan fingerprint density at radius 2 is 2.16 bits per heavy atom. The van der Waals surface area contributed by atoms with Crippen LogP contribution in [0.25, 0.3) is 0 Å². The molecule has 0 radical (unpaired) electrons. The first-order chi connectivity index (χ1) is 8.90. The first-order valence-corrected chi connectivity index (χ1v) is 7.25. The lowest BCUT2D eigenvalue weighted by Crippen LogP contribution is -2.38. The largest absolute Gasteiger partial charge is 0.396 e. The van der Waals surface area contributed by atoms with Gasteiger partial charge >= 0.3 is 0 Å². The van der Waals surface area contributed by atoms with Crippen LogP contribution in [0.1, 0.15) is 37.0 Å². The fraction of sp³-hybridized carbons (Fsp3) is 0.500. The predicted octanol–water partition coefficient (Wildman–Crippen LogP) is 3.43. The third-order valence-electron chi connectivity index (χ3n) is 3.35. The number of nitrogen functional groups attached to an aromatic ring is 1. The Labute approximate surface area is 121 Å². The monoisotopic (exact) mass is 328 g/mol. The molecule has 104 valence electrons. The molecule has 0 saturated heterocycles. The van der Waals surface area contributed by atoms with Gasteiger partial charge in [0.05, 0.1) is 11.3 Å². The Morgan fingerprint density at radius 3 is 2.68 bits per heavy atom. The van der Waals surface area contributed by atoms with E-state index < -0.39 is 5.82 Å². The van der Waals surface area contributed by atoms with Crippen LogP contribution < -0.4 is 5.73 Å². The Hall–Kier alpha value is -1.10. The standard InChI is InChI=1S/C14H18BrFN2O/c1-8(2)18(7-9-3-4-9)14(19)10-5-13(17)12(16)6-11(10)15/h5-6,8-9H,3-4,7,17H2,1-2H3. The lowest BCUT2D eigenvalue weighted by molar-refractivity contribution is 0.0695. The van der Waals surface area contributed by atoms with E-state index in [2.05, 4.69) is 15.9 Å². The minimum absolute atomic E-state index is 0.00155.